The van der Waals surface area contributed by atoms with Crippen molar-refractivity contribution in [2.75, 3.05) is 7.05 Å². The van der Waals surface area contributed by atoms with Crippen molar-refractivity contribution < 1.29 is 4.39 Å². The van der Waals surface area contributed by atoms with Crippen molar-refractivity contribution in [3.63, 3.8) is 0 Å². The van der Waals surface area contributed by atoms with Gasteiger partial charge in [-0.05, 0) is 44.2 Å². The van der Waals surface area contributed by atoms with Crippen LogP contribution in [-0.4, -0.2) is 18.1 Å². The fourth-order valence-corrected chi connectivity index (χ4v) is 1.76. The maximum atomic E-state index is 12.9. The Labute approximate surface area is 88.5 Å². The Hall–Kier alpha value is -1.35. The van der Waals surface area contributed by atoms with Crippen molar-refractivity contribution >= 4 is 10.9 Å². The number of rotatable bonds is 3. The van der Waals surface area contributed by atoms with E-state index in [-0.39, 0.29) is 5.82 Å². The summed E-state index contributed by atoms with van der Waals surface area (Å²) < 4.78 is 12.9. The molecule has 1 atom stereocenters. The van der Waals surface area contributed by atoms with E-state index in [4.69, 9.17) is 0 Å². The lowest BCUT2D eigenvalue weighted by Gasteiger charge is -2.08. The van der Waals surface area contributed by atoms with Gasteiger partial charge in [-0.15, -0.1) is 0 Å². The van der Waals surface area contributed by atoms with E-state index in [1.165, 1.54) is 17.7 Å². The molecule has 1 heterocycles. The van der Waals surface area contributed by atoms with Gasteiger partial charge in [-0.25, -0.2) is 4.39 Å². The smallest absolute Gasteiger partial charge is 0.125 e. The van der Waals surface area contributed by atoms with Crippen LogP contribution in [0, 0.1) is 5.82 Å². The molecule has 0 amide bonds. The summed E-state index contributed by atoms with van der Waals surface area (Å²) >= 11 is 0. The molecule has 0 aliphatic heterocycles. The quantitative estimate of drug-likeness (QED) is 0.793. The van der Waals surface area contributed by atoms with Gasteiger partial charge in [-0.2, -0.15) is 0 Å². The van der Waals surface area contributed by atoms with Crippen molar-refractivity contribution in [3.8, 4) is 0 Å². The summed E-state index contributed by atoms with van der Waals surface area (Å²) in [6, 6.07) is 5.29. The highest BCUT2D eigenvalue weighted by Crippen LogP contribution is 2.20. The Morgan fingerprint density at radius 2 is 2.27 bits per heavy atom. The van der Waals surface area contributed by atoms with Gasteiger partial charge < -0.3 is 10.3 Å². The second kappa shape index (κ2) is 4.03. The van der Waals surface area contributed by atoms with Crippen LogP contribution in [0.2, 0.25) is 0 Å². The topological polar surface area (TPSA) is 27.8 Å². The van der Waals surface area contributed by atoms with Crippen molar-refractivity contribution in [2.24, 2.45) is 0 Å². The molecular weight excluding hydrogens is 191 g/mol. The molecule has 0 saturated carbocycles. The third kappa shape index (κ3) is 2.02. The predicted octanol–water partition coefficient (Wildman–Crippen LogP) is 2.46. The highest BCUT2D eigenvalue weighted by atomic mass is 19.1. The summed E-state index contributed by atoms with van der Waals surface area (Å²) in [5.74, 6) is -0.197. The summed E-state index contributed by atoms with van der Waals surface area (Å²) in [7, 11) is 1.94. The van der Waals surface area contributed by atoms with Crippen molar-refractivity contribution in [2.45, 2.75) is 19.4 Å². The fraction of sp³-hybridized carbons (Fsp3) is 0.333. The number of likely N-dealkylation sites (N-methyl/N-ethyl adjacent to an activating group) is 1. The molecule has 2 rings (SSSR count). The Kier molecular flexibility index (Phi) is 2.73. The normalized spacial score (nSPS) is 13.3. The summed E-state index contributed by atoms with van der Waals surface area (Å²) in [6.07, 6.45) is 2.90. The van der Waals surface area contributed by atoms with Crippen LogP contribution in [0.5, 0.6) is 0 Å². The van der Waals surface area contributed by atoms with E-state index >= 15 is 0 Å². The molecule has 0 aliphatic rings. The number of benzene rings is 1. The first kappa shape index (κ1) is 10.2. The Bertz CT molecular complexity index is 462. The maximum absolute atomic E-state index is 12.9. The minimum atomic E-state index is -0.197. The molecule has 80 valence electrons. The van der Waals surface area contributed by atoms with Gasteiger partial charge in [0.05, 0.1) is 0 Å². The molecule has 0 spiro atoms. The van der Waals surface area contributed by atoms with Crippen LogP contribution >= 0.6 is 0 Å². The third-order valence-electron chi connectivity index (χ3n) is 2.75. The molecule has 0 saturated heterocycles. The zero-order valence-corrected chi connectivity index (χ0v) is 8.97. The van der Waals surface area contributed by atoms with Crippen LogP contribution in [0.15, 0.2) is 24.4 Å². The molecule has 15 heavy (non-hydrogen) atoms. The minimum absolute atomic E-state index is 0.197. The Morgan fingerprint density at radius 3 is 3.00 bits per heavy atom. The van der Waals surface area contributed by atoms with Crippen LogP contribution in [0.25, 0.3) is 10.9 Å². The molecular formula is C12H15FN2. The number of hydrogen-bond acceptors (Lipinski definition) is 1. The van der Waals surface area contributed by atoms with Gasteiger partial charge in [0.25, 0.3) is 0 Å². The van der Waals surface area contributed by atoms with Gasteiger partial charge in [0.1, 0.15) is 5.82 Å². The minimum Gasteiger partial charge on any atom is -0.361 e. The van der Waals surface area contributed by atoms with Crippen molar-refractivity contribution in [1.82, 2.24) is 10.3 Å². The van der Waals surface area contributed by atoms with Gasteiger partial charge in [-0.1, -0.05) is 0 Å². The highest BCUT2D eigenvalue weighted by molar-refractivity contribution is 5.83. The van der Waals surface area contributed by atoms with Crippen molar-refractivity contribution in [3.05, 3.63) is 35.8 Å². The first-order chi connectivity index (χ1) is 7.20. The zero-order chi connectivity index (χ0) is 10.8. The third-order valence-corrected chi connectivity index (χ3v) is 2.75. The van der Waals surface area contributed by atoms with Gasteiger partial charge in [0, 0.05) is 23.1 Å². The van der Waals surface area contributed by atoms with Gasteiger partial charge in [-0.3, -0.25) is 0 Å². The molecule has 2 N–H and O–H groups in total. The lowest BCUT2D eigenvalue weighted by molar-refractivity contribution is 0.610. The number of nitrogens with one attached hydrogen (secondary N) is 2. The second-order valence-electron chi connectivity index (χ2n) is 3.90. The van der Waals surface area contributed by atoms with Crippen LogP contribution in [0.4, 0.5) is 4.39 Å². The van der Waals surface area contributed by atoms with Gasteiger partial charge in [0.2, 0.25) is 0 Å². The van der Waals surface area contributed by atoms with Crippen LogP contribution in [0.3, 0.4) is 0 Å². The molecule has 0 bridgehead atoms. The van der Waals surface area contributed by atoms with Gasteiger partial charge in [0.15, 0.2) is 0 Å². The first-order valence-electron chi connectivity index (χ1n) is 5.13. The maximum Gasteiger partial charge on any atom is 0.125 e. The zero-order valence-electron chi connectivity index (χ0n) is 8.97. The lowest BCUT2D eigenvalue weighted by Crippen LogP contribution is -2.23. The SMILES string of the molecule is CNC(C)Cc1c[nH]c2cc(F)ccc12. The monoisotopic (exact) mass is 206 g/mol. The van der Waals surface area contributed by atoms with Crippen molar-refractivity contribution in [1.29, 1.82) is 0 Å². The molecule has 0 fully saturated rings. The van der Waals surface area contributed by atoms with Crippen LogP contribution < -0.4 is 5.32 Å². The number of H-pyrrole nitrogens is 1. The molecule has 2 nitrogen and oxygen atoms in total. The molecule has 1 aromatic carbocycles. The largest absolute Gasteiger partial charge is 0.361 e. The predicted molar refractivity (Wildman–Crippen MR) is 60.5 cm³/mol. The number of halogens is 1. The van der Waals surface area contributed by atoms with E-state index in [1.54, 1.807) is 0 Å². The number of aromatic nitrogens is 1. The Balaban J connectivity index is 2.36. The van der Waals surface area contributed by atoms with E-state index in [1.807, 2.05) is 19.3 Å². The van der Waals surface area contributed by atoms with E-state index in [0.29, 0.717) is 6.04 Å². The van der Waals surface area contributed by atoms with Gasteiger partial charge >= 0.3 is 0 Å². The molecule has 0 radical (unpaired) electrons. The molecule has 0 aliphatic carbocycles. The highest BCUT2D eigenvalue weighted by Gasteiger charge is 2.07. The average molecular weight is 206 g/mol. The summed E-state index contributed by atoms with van der Waals surface area (Å²) in [6.45, 7) is 2.13. The molecule has 1 unspecified atom stereocenters. The molecule has 3 heteroatoms. The van der Waals surface area contributed by atoms with E-state index in [0.717, 1.165) is 17.3 Å². The van der Waals surface area contributed by atoms with E-state index < -0.39 is 0 Å². The number of aromatic amines is 1. The summed E-state index contributed by atoms with van der Waals surface area (Å²) in [4.78, 5) is 3.09. The summed E-state index contributed by atoms with van der Waals surface area (Å²) in [5.41, 5.74) is 2.10. The van der Waals surface area contributed by atoms with E-state index in [2.05, 4.69) is 17.2 Å². The standard InChI is InChI=1S/C12H15FN2/c1-8(14-2)5-9-7-15-12-6-10(13)3-4-11(9)12/h3-4,6-8,14-15H,5H2,1-2H3. The van der Waals surface area contributed by atoms with E-state index in [9.17, 15) is 4.39 Å². The molecule has 2 aromatic rings. The Morgan fingerprint density at radius 1 is 1.47 bits per heavy atom. The second-order valence-corrected chi connectivity index (χ2v) is 3.90. The molecule has 1 aromatic heterocycles. The number of fused-ring (bicyclic) bond motifs is 1. The fourth-order valence-electron chi connectivity index (χ4n) is 1.76. The lowest BCUT2D eigenvalue weighted by atomic mass is 10.1. The summed E-state index contributed by atoms with van der Waals surface area (Å²) in [5, 5.41) is 4.30. The number of hydrogen-bond donors (Lipinski definition) is 2. The van der Waals surface area contributed by atoms with Crippen LogP contribution in [-0.2, 0) is 6.42 Å². The average Bonchev–Trinajstić information content (AvgIpc) is 2.60. The van der Waals surface area contributed by atoms with Crippen LogP contribution in [0.1, 0.15) is 12.5 Å². The first-order valence-corrected chi connectivity index (χ1v) is 5.13.